The predicted molar refractivity (Wildman–Crippen MR) is 55.5 cm³/mol. The molecule has 2 fully saturated rings. The Morgan fingerprint density at radius 2 is 2.00 bits per heavy atom. The van der Waals surface area contributed by atoms with E-state index in [1.165, 1.54) is 38.6 Å². The Kier molecular flexibility index (Phi) is 2.61. The highest BCUT2D eigenvalue weighted by Crippen LogP contribution is 2.39. The van der Waals surface area contributed by atoms with Crippen LogP contribution in [0, 0.1) is 11.8 Å². The average Bonchev–Trinajstić information content (AvgIpc) is 2.96. The first-order valence-corrected chi connectivity index (χ1v) is 5.70. The number of hydrogen-bond donors (Lipinski definition) is 2. The summed E-state index contributed by atoms with van der Waals surface area (Å²) in [5, 5.41) is 3.65. The molecule has 1 unspecified atom stereocenters. The van der Waals surface area contributed by atoms with E-state index in [4.69, 9.17) is 5.73 Å². The van der Waals surface area contributed by atoms with Gasteiger partial charge in [0.1, 0.15) is 0 Å². The van der Waals surface area contributed by atoms with E-state index in [1.54, 1.807) is 0 Å². The van der Waals surface area contributed by atoms with Crippen molar-refractivity contribution in [3.63, 3.8) is 0 Å². The lowest BCUT2D eigenvalue weighted by atomic mass is 9.96. The maximum absolute atomic E-state index is 5.82. The van der Waals surface area contributed by atoms with Gasteiger partial charge in [0.25, 0.3) is 0 Å². The minimum Gasteiger partial charge on any atom is -0.329 e. The second kappa shape index (κ2) is 3.58. The molecule has 0 heterocycles. The summed E-state index contributed by atoms with van der Waals surface area (Å²) in [6.45, 7) is 4.26. The molecule has 0 saturated heterocycles. The molecule has 13 heavy (non-hydrogen) atoms. The highest BCUT2D eigenvalue weighted by molar-refractivity contribution is 4.98. The first-order chi connectivity index (χ1) is 6.24. The summed E-state index contributed by atoms with van der Waals surface area (Å²) >= 11 is 0. The molecular weight excluding hydrogens is 160 g/mol. The molecule has 2 nitrogen and oxygen atoms in total. The number of nitrogens with one attached hydrogen (secondary N) is 1. The Bertz CT molecular complexity index is 173. The molecule has 0 amide bonds. The fourth-order valence-corrected chi connectivity index (χ4v) is 2.07. The zero-order valence-corrected chi connectivity index (χ0v) is 8.68. The van der Waals surface area contributed by atoms with E-state index in [-0.39, 0.29) is 5.54 Å². The van der Waals surface area contributed by atoms with Gasteiger partial charge in [0, 0.05) is 12.1 Å². The van der Waals surface area contributed by atoms with Crippen LogP contribution in [0.25, 0.3) is 0 Å². The molecule has 0 aromatic carbocycles. The summed E-state index contributed by atoms with van der Waals surface area (Å²) in [6.07, 6.45) is 7.05. The molecule has 1 atom stereocenters. The normalized spacial score (nSPS) is 27.2. The van der Waals surface area contributed by atoms with Crippen LogP contribution in [0.15, 0.2) is 0 Å². The van der Waals surface area contributed by atoms with Crippen LogP contribution in [0.1, 0.15) is 39.0 Å². The molecule has 0 radical (unpaired) electrons. The molecule has 0 aromatic heterocycles. The standard InChI is InChI=1S/C11H22N2/c1-11(8-12,10-4-5-10)13-7-6-9-2-3-9/h9-10,13H,2-8,12H2,1H3. The third-order valence-corrected chi connectivity index (χ3v) is 3.68. The summed E-state index contributed by atoms with van der Waals surface area (Å²) in [6, 6.07) is 0. The molecule has 3 N–H and O–H groups in total. The monoisotopic (exact) mass is 182 g/mol. The lowest BCUT2D eigenvalue weighted by Crippen LogP contribution is -2.50. The molecule has 0 aliphatic heterocycles. The van der Waals surface area contributed by atoms with Crippen LogP contribution >= 0.6 is 0 Å². The summed E-state index contributed by atoms with van der Waals surface area (Å²) in [7, 11) is 0. The van der Waals surface area contributed by atoms with Crippen LogP contribution in [0.4, 0.5) is 0 Å². The van der Waals surface area contributed by atoms with Gasteiger partial charge in [-0.1, -0.05) is 12.8 Å². The SMILES string of the molecule is CC(CN)(NCCC1CC1)C1CC1. The van der Waals surface area contributed by atoms with Crippen LogP contribution in [-0.4, -0.2) is 18.6 Å². The number of hydrogen-bond acceptors (Lipinski definition) is 2. The average molecular weight is 182 g/mol. The summed E-state index contributed by atoms with van der Waals surface area (Å²) < 4.78 is 0. The van der Waals surface area contributed by atoms with Gasteiger partial charge in [-0.15, -0.1) is 0 Å². The van der Waals surface area contributed by atoms with Gasteiger partial charge >= 0.3 is 0 Å². The Hall–Kier alpha value is -0.0800. The minimum absolute atomic E-state index is 0.245. The largest absolute Gasteiger partial charge is 0.329 e. The molecule has 0 aromatic rings. The Balaban J connectivity index is 1.68. The van der Waals surface area contributed by atoms with Gasteiger partial charge in [0.15, 0.2) is 0 Å². The zero-order valence-electron chi connectivity index (χ0n) is 8.68. The topological polar surface area (TPSA) is 38.0 Å². The van der Waals surface area contributed by atoms with E-state index in [0.717, 1.165) is 18.4 Å². The molecular formula is C11H22N2. The summed E-state index contributed by atoms with van der Waals surface area (Å²) in [5.41, 5.74) is 6.06. The molecule has 0 spiro atoms. The van der Waals surface area contributed by atoms with Crippen LogP contribution in [-0.2, 0) is 0 Å². The van der Waals surface area contributed by atoms with Crippen molar-refractivity contribution in [3.8, 4) is 0 Å². The Labute approximate surface area is 81.3 Å². The highest BCUT2D eigenvalue weighted by Gasteiger charge is 2.40. The molecule has 0 bridgehead atoms. The molecule has 2 saturated carbocycles. The van der Waals surface area contributed by atoms with E-state index >= 15 is 0 Å². The van der Waals surface area contributed by atoms with Gasteiger partial charge in [0.2, 0.25) is 0 Å². The third kappa shape index (κ3) is 2.44. The van der Waals surface area contributed by atoms with Crippen molar-refractivity contribution in [3.05, 3.63) is 0 Å². The second-order valence-electron chi connectivity index (χ2n) is 5.05. The van der Waals surface area contributed by atoms with Crippen molar-refractivity contribution in [2.45, 2.75) is 44.6 Å². The smallest absolute Gasteiger partial charge is 0.0303 e. The van der Waals surface area contributed by atoms with E-state index in [9.17, 15) is 0 Å². The van der Waals surface area contributed by atoms with Gasteiger partial charge in [-0.3, -0.25) is 0 Å². The number of nitrogens with two attached hydrogens (primary N) is 1. The second-order valence-corrected chi connectivity index (χ2v) is 5.05. The Morgan fingerprint density at radius 3 is 2.46 bits per heavy atom. The van der Waals surface area contributed by atoms with Crippen LogP contribution in [0.5, 0.6) is 0 Å². The van der Waals surface area contributed by atoms with Gasteiger partial charge in [-0.25, -0.2) is 0 Å². The maximum Gasteiger partial charge on any atom is 0.0303 e. The summed E-state index contributed by atoms with van der Waals surface area (Å²) in [4.78, 5) is 0. The first-order valence-electron chi connectivity index (χ1n) is 5.70. The molecule has 2 rings (SSSR count). The van der Waals surface area contributed by atoms with Crippen LogP contribution in [0.3, 0.4) is 0 Å². The third-order valence-electron chi connectivity index (χ3n) is 3.68. The summed E-state index contributed by atoms with van der Waals surface area (Å²) in [5.74, 6) is 1.89. The lowest BCUT2D eigenvalue weighted by molar-refractivity contribution is 0.315. The van der Waals surface area contributed by atoms with Crippen molar-refractivity contribution in [1.29, 1.82) is 0 Å². The van der Waals surface area contributed by atoms with Crippen LogP contribution in [0.2, 0.25) is 0 Å². The van der Waals surface area contributed by atoms with Gasteiger partial charge in [0.05, 0.1) is 0 Å². The van der Waals surface area contributed by atoms with Crippen LogP contribution < -0.4 is 11.1 Å². The molecule has 76 valence electrons. The molecule has 2 aliphatic rings. The van der Waals surface area contributed by atoms with Crippen molar-refractivity contribution >= 4 is 0 Å². The van der Waals surface area contributed by atoms with E-state index in [1.807, 2.05) is 0 Å². The van der Waals surface area contributed by atoms with Crippen molar-refractivity contribution in [2.75, 3.05) is 13.1 Å². The molecule has 2 heteroatoms. The maximum atomic E-state index is 5.82. The van der Waals surface area contributed by atoms with Crippen molar-refractivity contribution in [1.82, 2.24) is 5.32 Å². The number of rotatable bonds is 6. The van der Waals surface area contributed by atoms with E-state index < -0.39 is 0 Å². The zero-order chi connectivity index (χ0) is 9.31. The van der Waals surface area contributed by atoms with Crippen molar-refractivity contribution in [2.24, 2.45) is 17.6 Å². The predicted octanol–water partition coefficient (Wildman–Crippen LogP) is 1.50. The fourth-order valence-electron chi connectivity index (χ4n) is 2.07. The van der Waals surface area contributed by atoms with Gasteiger partial charge < -0.3 is 11.1 Å². The fraction of sp³-hybridized carbons (Fsp3) is 1.00. The van der Waals surface area contributed by atoms with Crippen molar-refractivity contribution < 1.29 is 0 Å². The first kappa shape index (κ1) is 9.47. The lowest BCUT2D eigenvalue weighted by Gasteiger charge is -2.29. The quantitative estimate of drug-likeness (QED) is 0.653. The minimum atomic E-state index is 0.245. The molecule has 2 aliphatic carbocycles. The van der Waals surface area contributed by atoms with E-state index in [2.05, 4.69) is 12.2 Å². The Morgan fingerprint density at radius 1 is 1.31 bits per heavy atom. The van der Waals surface area contributed by atoms with E-state index in [0.29, 0.717) is 0 Å². The van der Waals surface area contributed by atoms with Gasteiger partial charge in [-0.2, -0.15) is 0 Å². The van der Waals surface area contributed by atoms with Gasteiger partial charge in [-0.05, 0) is 44.6 Å². The highest BCUT2D eigenvalue weighted by atomic mass is 15.0.